The van der Waals surface area contributed by atoms with Gasteiger partial charge < -0.3 is 10.2 Å². The monoisotopic (exact) mass is 302 g/mol. The van der Waals surface area contributed by atoms with Crippen LogP contribution in [0.5, 0.6) is 0 Å². The summed E-state index contributed by atoms with van der Waals surface area (Å²) in [5.41, 5.74) is 0.651. The second-order valence-electron chi connectivity index (χ2n) is 8.40. The van der Waals surface area contributed by atoms with Gasteiger partial charge in [0.1, 0.15) is 0 Å². The number of nitrogens with zero attached hydrogens (tertiary/aromatic N) is 1. The van der Waals surface area contributed by atoms with Gasteiger partial charge in [-0.3, -0.25) is 4.79 Å². The third kappa shape index (κ3) is 2.33. The van der Waals surface area contributed by atoms with Crippen molar-refractivity contribution in [3.63, 3.8) is 0 Å². The van der Waals surface area contributed by atoms with Crippen LogP contribution in [0.4, 0.5) is 0 Å². The minimum absolute atomic E-state index is 0.249. The van der Waals surface area contributed by atoms with E-state index >= 15 is 0 Å². The SMILES string of the molecule is CC(C)N1CCC(C(=O)NC[C@@H]2C[C@@H]3C=C[C@@H]2C32CC2)CC1. The third-order valence-electron chi connectivity index (χ3n) is 7.01. The number of carbonyl (C=O) groups is 1. The predicted octanol–water partition coefficient (Wildman–Crippen LogP) is 2.83. The normalized spacial score (nSPS) is 36.4. The quantitative estimate of drug-likeness (QED) is 0.810. The molecule has 1 heterocycles. The predicted molar refractivity (Wildman–Crippen MR) is 88.3 cm³/mol. The molecule has 0 aromatic rings. The maximum Gasteiger partial charge on any atom is 0.223 e. The fraction of sp³-hybridized carbons (Fsp3) is 0.842. The van der Waals surface area contributed by atoms with Crippen molar-refractivity contribution in [1.82, 2.24) is 10.2 Å². The van der Waals surface area contributed by atoms with E-state index in [0.717, 1.165) is 44.3 Å². The zero-order chi connectivity index (χ0) is 15.3. The fourth-order valence-corrected chi connectivity index (χ4v) is 5.41. The van der Waals surface area contributed by atoms with Crippen LogP contribution in [0.1, 0.15) is 46.0 Å². The summed E-state index contributed by atoms with van der Waals surface area (Å²) in [7, 11) is 0. The van der Waals surface area contributed by atoms with E-state index in [9.17, 15) is 4.79 Å². The molecule has 3 fully saturated rings. The Labute approximate surface area is 134 Å². The molecule has 1 saturated heterocycles. The number of rotatable bonds is 4. The van der Waals surface area contributed by atoms with E-state index in [4.69, 9.17) is 0 Å². The lowest BCUT2D eigenvalue weighted by Crippen LogP contribution is -2.44. The molecule has 1 aliphatic heterocycles. The lowest BCUT2D eigenvalue weighted by atomic mass is 9.88. The van der Waals surface area contributed by atoms with E-state index in [2.05, 4.69) is 36.2 Å². The number of likely N-dealkylation sites (tertiary alicyclic amines) is 1. The van der Waals surface area contributed by atoms with Gasteiger partial charge in [0.15, 0.2) is 0 Å². The van der Waals surface area contributed by atoms with Crippen molar-refractivity contribution in [3.05, 3.63) is 12.2 Å². The molecule has 3 atom stereocenters. The molecule has 22 heavy (non-hydrogen) atoms. The van der Waals surface area contributed by atoms with E-state index in [1.807, 2.05) is 0 Å². The van der Waals surface area contributed by atoms with Crippen molar-refractivity contribution in [3.8, 4) is 0 Å². The number of amides is 1. The summed E-state index contributed by atoms with van der Waals surface area (Å²) in [6, 6.07) is 0.611. The molecule has 2 bridgehead atoms. The average Bonchev–Trinajstić information content (AvgIpc) is 3.19. The van der Waals surface area contributed by atoms with Crippen LogP contribution >= 0.6 is 0 Å². The first kappa shape index (κ1) is 14.7. The molecule has 0 aromatic heterocycles. The summed E-state index contributed by atoms with van der Waals surface area (Å²) in [5.74, 6) is 2.87. The maximum absolute atomic E-state index is 12.5. The van der Waals surface area contributed by atoms with E-state index < -0.39 is 0 Å². The first-order valence-electron chi connectivity index (χ1n) is 9.30. The van der Waals surface area contributed by atoms with Gasteiger partial charge in [0.25, 0.3) is 0 Å². The minimum Gasteiger partial charge on any atom is -0.356 e. The lowest BCUT2D eigenvalue weighted by molar-refractivity contribution is -0.126. The molecule has 3 nitrogen and oxygen atoms in total. The van der Waals surface area contributed by atoms with Crippen LogP contribution in [0.3, 0.4) is 0 Å². The van der Waals surface area contributed by atoms with E-state index in [1.54, 1.807) is 0 Å². The molecule has 3 aliphatic carbocycles. The van der Waals surface area contributed by atoms with Crippen molar-refractivity contribution < 1.29 is 4.79 Å². The summed E-state index contributed by atoms with van der Waals surface area (Å²) < 4.78 is 0. The van der Waals surface area contributed by atoms with Crippen molar-refractivity contribution in [1.29, 1.82) is 0 Å². The Bertz CT molecular complexity index is 472. The minimum atomic E-state index is 0.249. The van der Waals surface area contributed by atoms with Gasteiger partial charge in [-0.15, -0.1) is 0 Å². The van der Waals surface area contributed by atoms with Crippen LogP contribution < -0.4 is 5.32 Å². The van der Waals surface area contributed by atoms with Crippen LogP contribution in [0, 0.1) is 29.1 Å². The van der Waals surface area contributed by atoms with Crippen LogP contribution in [0.25, 0.3) is 0 Å². The van der Waals surface area contributed by atoms with Crippen LogP contribution in [0.15, 0.2) is 12.2 Å². The number of carbonyl (C=O) groups excluding carboxylic acids is 1. The van der Waals surface area contributed by atoms with Gasteiger partial charge in [-0.1, -0.05) is 12.2 Å². The highest BCUT2D eigenvalue weighted by Gasteiger charge is 2.62. The standard InChI is InChI=1S/C19H30N2O/c1-13(2)21-9-5-14(6-10-21)18(22)20-12-15-11-16-3-4-17(15)19(16)7-8-19/h3-4,13-17H,5-12H2,1-2H3,(H,20,22)/t15-,16-,17-/m0/s1. The van der Waals surface area contributed by atoms with Gasteiger partial charge in [-0.2, -0.15) is 0 Å². The molecule has 0 unspecified atom stereocenters. The highest BCUT2D eigenvalue weighted by atomic mass is 16.1. The second kappa shape index (κ2) is 5.36. The molecule has 4 aliphatic rings. The Morgan fingerprint density at radius 2 is 2.00 bits per heavy atom. The Morgan fingerprint density at radius 1 is 1.27 bits per heavy atom. The molecule has 0 aromatic carbocycles. The number of piperidine rings is 1. The first-order valence-corrected chi connectivity index (χ1v) is 9.30. The Morgan fingerprint density at radius 3 is 2.59 bits per heavy atom. The number of hydrogen-bond donors (Lipinski definition) is 1. The summed E-state index contributed by atoms with van der Waals surface area (Å²) in [5, 5.41) is 3.30. The molecule has 1 N–H and O–H groups in total. The molecule has 4 rings (SSSR count). The summed E-state index contributed by atoms with van der Waals surface area (Å²) in [6.07, 6.45) is 11.1. The van der Waals surface area contributed by atoms with E-state index in [0.29, 0.717) is 23.3 Å². The molecule has 2 saturated carbocycles. The molecule has 1 spiro atoms. The van der Waals surface area contributed by atoms with Crippen LogP contribution in [-0.4, -0.2) is 36.5 Å². The molecule has 1 amide bonds. The van der Waals surface area contributed by atoms with Gasteiger partial charge in [0.05, 0.1) is 0 Å². The Kier molecular flexibility index (Phi) is 3.60. The molecular weight excluding hydrogens is 272 g/mol. The Hall–Kier alpha value is -0.830. The van der Waals surface area contributed by atoms with Crippen LogP contribution in [0.2, 0.25) is 0 Å². The Balaban J connectivity index is 1.25. The largest absolute Gasteiger partial charge is 0.356 e. The van der Waals surface area contributed by atoms with Crippen molar-refractivity contribution in [2.45, 2.75) is 52.0 Å². The van der Waals surface area contributed by atoms with Gasteiger partial charge >= 0.3 is 0 Å². The summed E-state index contributed by atoms with van der Waals surface area (Å²) >= 11 is 0. The fourth-order valence-electron chi connectivity index (χ4n) is 5.41. The van der Waals surface area contributed by atoms with Crippen molar-refractivity contribution >= 4 is 5.91 Å². The van der Waals surface area contributed by atoms with Crippen LogP contribution in [-0.2, 0) is 4.79 Å². The summed E-state index contributed by atoms with van der Waals surface area (Å²) in [4.78, 5) is 15.0. The zero-order valence-electron chi connectivity index (χ0n) is 14.1. The number of hydrogen-bond acceptors (Lipinski definition) is 2. The highest BCUT2D eigenvalue weighted by Crippen LogP contribution is 2.69. The molecule has 3 heteroatoms. The smallest absolute Gasteiger partial charge is 0.223 e. The van der Waals surface area contributed by atoms with Crippen molar-refractivity contribution in [2.24, 2.45) is 29.1 Å². The lowest BCUT2D eigenvalue weighted by Gasteiger charge is -2.34. The van der Waals surface area contributed by atoms with Gasteiger partial charge in [0, 0.05) is 18.5 Å². The molecule has 0 radical (unpaired) electrons. The topological polar surface area (TPSA) is 32.3 Å². The second-order valence-corrected chi connectivity index (χ2v) is 8.40. The third-order valence-corrected chi connectivity index (χ3v) is 7.01. The number of nitrogens with one attached hydrogen (secondary N) is 1. The van der Waals surface area contributed by atoms with Gasteiger partial charge in [-0.25, -0.2) is 0 Å². The maximum atomic E-state index is 12.5. The van der Waals surface area contributed by atoms with Crippen molar-refractivity contribution in [2.75, 3.05) is 19.6 Å². The average molecular weight is 302 g/mol. The van der Waals surface area contributed by atoms with E-state index in [1.165, 1.54) is 19.3 Å². The highest BCUT2D eigenvalue weighted by molar-refractivity contribution is 5.78. The zero-order valence-corrected chi connectivity index (χ0v) is 14.1. The van der Waals surface area contributed by atoms with E-state index in [-0.39, 0.29) is 5.92 Å². The first-order chi connectivity index (χ1) is 10.6. The molecule has 122 valence electrons. The summed E-state index contributed by atoms with van der Waals surface area (Å²) in [6.45, 7) is 7.56. The van der Waals surface area contributed by atoms with Gasteiger partial charge in [-0.05, 0) is 82.2 Å². The van der Waals surface area contributed by atoms with Gasteiger partial charge in [0.2, 0.25) is 5.91 Å². The number of allylic oxidation sites excluding steroid dienone is 2. The molecular formula is C19H30N2O.